The number of nitrogens with one attached hydrogen (secondary N) is 5. The van der Waals surface area contributed by atoms with E-state index < -0.39 is 72.5 Å². The number of aryl methyl sites for hydroxylation is 1. The topological polar surface area (TPSA) is 353 Å². The van der Waals surface area contributed by atoms with E-state index in [1.807, 2.05) is 118 Å². The molecule has 1 aromatic heterocycles. The van der Waals surface area contributed by atoms with Gasteiger partial charge >= 0.3 is 23.9 Å². The van der Waals surface area contributed by atoms with Crippen molar-refractivity contribution in [3.05, 3.63) is 162 Å². The molecule has 0 spiro atoms. The summed E-state index contributed by atoms with van der Waals surface area (Å²) in [5.74, 6) is 0.0319. The smallest absolute Gasteiger partial charge is 0.321 e. The van der Waals surface area contributed by atoms with E-state index in [9.17, 15) is 49.8 Å². The second-order valence-corrected chi connectivity index (χ2v) is 29.7. The third-order valence-electron chi connectivity index (χ3n) is 21.0. The molecule has 0 radical (unpaired) electrons. The highest BCUT2D eigenvalue weighted by Crippen LogP contribution is 2.67. The summed E-state index contributed by atoms with van der Waals surface area (Å²) in [6, 6.07) is 38.9. The maximum atomic E-state index is 11.3. The summed E-state index contributed by atoms with van der Waals surface area (Å²) in [4.78, 5) is 47.0. The Morgan fingerprint density at radius 3 is 1.36 bits per heavy atom. The van der Waals surface area contributed by atoms with Gasteiger partial charge < -0.3 is 86.8 Å². The number of H-pyrrole nitrogens is 1. The van der Waals surface area contributed by atoms with Gasteiger partial charge in [0, 0.05) is 62.1 Å². The van der Waals surface area contributed by atoms with Crippen LogP contribution in [-0.2, 0) is 49.6 Å². The monoisotopic (exact) mass is 1540 g/mol. The number of phenols is 2. The quantitative estimate of drug-likeness (QED) is 0.0134. The standard InChI is InChI=1S/C15H20N2O3.C13H19NO5.C13H19NO3.C11H20.C9H12O.C8H10.C7H15NO3S.C6H12O.C5H10/c1-2-11(18)9-17-14(15(19)20)7-10-8-16-13-6-4-3-5-12(10)13;1-2-9(15)7-14-10(13(18)19)5-8-3-4-11(16)12(17)6-8;1-2-11(15)9-14-12(13(16)17)8-10-6-4-3-5-7-10;1-8-7-9-5-6-11(8,4)10(9,2)3;1-2-8-10-9-6-4-3-5-7-9;1-2-8-6-4-3-5-7-8;1-2-5(9)3-8-6(4-12)7(10)11;1-2-6-4-3-5-7-6;1-2-5-3-4-5/h3-6,8,11,14,16-18H,2,7,9H2,1H3,(H,19,20);3-4,6,9-10,14-17H,2,5,7H2,1H3,(H,18,19);3-7,11-12,14-15H,2,8-9H2,1H3,(H,16,17);8-9H,5-7H2,1-4H3;3-7H,2,8H2,1H3;3-7H,2H2,1H3;5-6,8-9,12H,2-4H2,1H3,(H,10,11);6H,2-5H2,1H3;5H,2-4H2,1H3. The Balaban J connectivity index is 0.000000427. The number of para-hydroxylation sites is 2. The van der Waals surface area contributed by atoms with Crippen molar-refractivity contribution in [1.29, 1.82) is 0 Å². The van der Waals surface area contributed by atoms with Gasteiger partial charge in [0.15, 0.2) is 11.5 Å². The summed E-state index contributed by atoms with van der Waals surface area (Å²) in [6.45, 7) is 28.9. The third kappa shape index (κ3) is 39.1. The van der Waals surface area contributed by atoms with E-state index in [0.717, 1.165) is 71.6 Å². The normalized spacial score (nSPS) is 19.0. The number of aliphatic hydroxyl groups is 4. The van der Waals surface area contributed by atoms with Crippen LogP contribution in [-0.4, -0.2) is 180 Å². The van der Waals surface area contributed by atoms with Gasteiger partial charge in [-0.05, 0) is 171 Å². The number of aliphatic hydroxyl groups excluding tert-OH is 4. The summed E-state index contributed by atoms with van der Waals surface area (Å²) < 4.78 is 10.7. The number of hydrogen-bond donors (Lipinski definition) is 16. The summed E-state index contributed by atoms with van der Waals surface area (Å²) in [6.07, 6.45) is 18.6. The van der Waals surface area contributed by atoms with Gasteiger partial charge in [0.1, 0.15) is 29.9 Å². The minimum absolute atomic E-state index is 0.152. The number of thiol groups is 1. The molecule has 2 heterocycles. The van der Waals surface area contributed by atoms with Crippen LogP contribution in [0.15, 0.2) is 140 Å². The Labute approximate surface area is 656 Å². The predicted molar refractivity (Wildman–Crippen MR) is 441 cm³/mol. The van der Waals surface area contributed by atoms with Crippen LogP contribution in [0.5, 0.6) is 17.2 Å². The number of rotatable bonds is 33. The maximum absolute atomic E-state index is 11.3. The molecule has 0 amide bonds. The fraction of sp³-hybridized carbons (Fsp3) is 0.586. The van der Waals surface area contributed by atoms with E-state index in [-0.39, 0.29) is 36.8 Å². The zero-order valence-corrected chi connectivity index (χ0v) is 68.1. The highest BCUT2D eigenvalue weighted by Gasteiger charge is 2.59. The van der Waals surface area contributed by atoms with Crippen molar-refractivity contribution in [2.24, 2.45) is 28.6 Å². The zero-order valence-electron chi connectivity index (χ0n) is 67.3. The van der Waals surface area contributed by atoms with E-state index in [4.69, 9.17) is 29.9 Å². The van der Waals surface area contributed by atoms with Gasteiger partial charge in [-0.1, -0.05) is 205 Å². The lowest BCUT2D eigenvalue weighted by Crippen LogP contribution is -2.42. The molecule has 2 bridgehead atoms. The van der Waals surface area contributed by atoms with Crippen LogP contribution in [0.1, 0.15) is 195 Å². The average molecular weight is 1540 g/mol. The minimum Gasteiger partial charge on any atom is -0.504 e. The van der Waals surface area contributed by atoms with Crippen LogP contribution in [0.25, 0.3) is 10.9 Å². The Morgan fingerprint density at radius 2 is 1.01 bits per heavy atom. The van der Waals surface area contributed by atoms with Gasteiger partial charge in [0.2, 0.25) is 0 Å². The number of carbonyl (C=O) groups is 4. The molecule has 6 aromatic rings. The Kier molecular flexibility index (Phi) is 49.8. The van der Waals surface area contributed by atoms with Crippen molar-refractivity contribution < 1.29 is 79.7 Å². The lowest BCUT2D eigenvalue weighted by molar-refractivity contribution is -0.140. The molecule has 15 N–H and O–H groups in total. The molecule has 4 fully saturated rings. The highest BCUT2D eigenvalue weighted by molar-refractivity contribution is 7.80. The molecule has 12 unspecified atom stereocenters. The first-order valence-electron chi connectivity index (χ1n) is 39.6. The van der Waals surface area contributed by atoms with Crippen molar-refractivity contribution in [3.63, 3.8) is 0 Å². The molecule has 1 aliphatic heterocycles. The van der Waals surface area contributed by atoms with Crippen molar-refractivity contribution in [1.82, 2.24) is 26.3 Å². The van der Waals surface area contributed by atoms with Crippen molar-refractivity contribution >= 4 is 47.4 Å². The van der Waals surface area contributed by atoms with Crippen LogP contribution in [0.3, 0.4) is 0 Å². The molecule has 10 rings (SSSR count). The Morgan fingerprint density at radius 1 is 0.550 bits per heavy atom. The largest absolute Gasteiger partial charge is 0.504 e. The number of aromatic nitrogens is 1. The number of aromatic amines is 1. The molecule has 12 atom stereocenters. The first kappa shape index (κ1) is 98.0. The van der Waals surface area contributed by atoms with Crippen LogP contribution in [0.4, 0.5) is 0 Å². The maximum Gasteiger partial charge on any atom is 0.321 e. The summed E-state index contributed by atoms with van der Waals surface area (Å²) in [7, 11) is 0. The van der Waals surface area contributed by atoms with Crippen LogP contribution in [0, 0.1) is 28.6 Å². The SMILES string of the molecule is CC1CC2CCC1(C)C2(C)C.CCC(O)CNC(CS)C(=O)O.CCC(O)CNC(Cc1c[nH]c2ccccc12)C(=O)O.CCC(O)CNC(Cc1ccc(O)c(O)c1)C(=O)O.CCC(O)CNC(Cc1ccccc1)C(=O)O.CCC1CC1.CCC1CCCO1.CCCOc1ccccc1.CCc1ccccc1. The average Bonchev–Trinajstić information content (AvgIpc) is 1.57. The molecule has 5 aromatic carbocycles. The van der Waals surface area contributed by atoms with Gasteiger partial charge in [0.25, 0.3) is 0 Å². The molecule has 3 aliphatic carbocycles. The molecular weight excluding hydrogens is 1400 g/mol. The van der Waals surface area contributed by atoms with Gasteiger partial charge in [-0.3, -0.25) is 19.2 Å². The van der Waals surface area contributed by atoms with Gasteiger partial charge in [-0.2, -0.15) is 12.6 Å². The second kappa shape index (κ2) is 55.3. The minimum atomic E-state index is -1.03. The number of hydrogen-bond acceptors (Lipinski definition) is 17. The van der Waals surface area contributed by atoms with E-state index in [1.165, 1.54) is 75.5 Å². The summed E-state index contributed by atoms with van der Waals surface area (Å²) >= 11 is 3.86. The molecule has 3 saturated carbocycles. The molecule has 1 saturated heterocycles. The van der Waals surface area contributed by atoms with Crippen molar-refractivity contribution in [3.8, 4) is 17.2 Å². The number of phenolic OH excluding ortho intramolecular Hbond substituents is 2. The number of carboxylic acid groups (broad SMARTS) is 4. The lowest BCUT2D eigenvalue weighted by Gasteiger charge is -2.37. The lowest BCUT2D eigenvalue weighted by atomic mass is 9.67. The molecule has 612 valence electrons. The van der Waals surface area contributed by atoms with E-state index in [1.54, 1.807) is 13.0 Å². The number of aliphatic carboxylic acids is 4. The van der Waals surface area contributed by atoms with Gasteiger partial charge in [-0.15, -0.1) is 0 Å². The van der Waals surface area contributed by atoms with Crippen molar-refractivity contribution in [2.75, 3.05) is 45.1 Å². The van der Waals surface area contributed by atoms with E-state index >= 15 is 0 Å². The third-order valence-corrected chi connectivity index (χ3v) is 21.3. The fourth-order valence-corrected chi connectivity index (χ4v) is 12.8. The predicted octanol–water partition coefficient (Wildman–Crippen LogP) is 14.3. The Hall–Kier alpha value is -7.09. The first-order valence-corrected chi connectivity index (χ1v) is 40.2. The van der Waals surface area contributed by atoms with E-state index in [2.05, 4.69) is 119 Å². The number of fused-ring (bicyclic) bond motifs is 3. The van der Waals surface area contributed by atoms with Crippen LogP contribution in [0.2, 0.25) is 0 Å². The number of benzene rings is 5. The van der Waals surface area contributed by atoms with Crippen LogP contribution >= 0.6 is 12.6 Å². The van der Waals surface area contributed by atoms with Gasteiger partial charge in [0.05, 0.1) is 37.1 Å². The number of aromatic hydroxyl groups is 2. The molecule has 109 heavy (non-hydrogen) atoms. The zero-order chi connectivity index (χ0) is 81.3. The molecule has 22 heteroatoms. The molecule has 21 nitrogen and oxygen atoms in total. The van der Waals surface area contributed by atoms with Crippen LogP contribution < -0.4 is 26.0 Å². The van der Waals surface area contributed by atoms with Crippen molar-refractivity contribution in [2.45, 2.75) is 253 Å². The summed E-state index contributed by atoms with van der Waals surface area (Å²) in [5, 5.41) is 104. The second-order valence-electron chi connectivity index (χ2n) is 29.3. The van der Waals surface area contributed by atoms with Gasteiger partial charge in [-0.25, -0.2) is 0 Å². The fourth-order valence-electron chi connectivity index (χ4n) is 12.5. The van der Waals surface area contributed by atoms with E-state index in [0.29, 0.717) is 74.1 Å². The Bertz CT molecular complexity index is 3360. The summed E-state index contributed by atoms with van der Waals surface area (Å²) in [5.41, 5.74) is 6.23. The highest BCUT2D eigenvalue weighted by atomic mass is 32.1. The first-order chi connectivity index (χ1) is 52.0. The molecule has 4 aliphatic rings. The molecular formula is C87H137N5O16S. The number of ether oxygens (including phenoxy) is 2. The number of carboxylic acids is 4.